The van der Waals surface area contributed by atoms with Crippen LogP contribution < -0.4 is 0 Å². The molecule has 0 rings (SSSR count). The second-order valence-corrected chi connectivity index (χ2v) is 17.0. The van der Waals surface area contributed by atoms with Gasteiger partial charge in [0.1, 0.15) is 13.2 Å². The molecule has 1 atom stereocenters. The lowest BCUT2D eigenvalue weighted by Crippen LogP contribution is -2.30. The van der Waals surface area contributed by atoms with Crippen LogP contribution in [0.25, 0.3) is 0 Å². The lowest BCUT2D eigenvalue weighted by atomic mass is 10.0. The van der Waals surface area contributed by atoms with E-state index in [4.69, 9.17) is 14.2 Å². The van der Waals surface area contributed by atoms with Gasteiger partial charge in [0.15, 0.2) is 6.10 Å². The fourth-order valence-corrected chi connectivity index (χ4v) is 6.67. The Bertz CT molecular complexity index is 1540. The van der Waals surface area contributed by atoms with Gasteiger partial charge in [-0.05, 0) is 96.3 Å². The molecule has 0 radical (unpaired) electrons. The summed E-state index contributed by atoms with van der Waals surface area (Å²) in [5, 5.41) is 0. The smallest absolute Gasteiger partial charge is 0.306 e. The lowest BCUT2D eigenvalue weighted by Gasteiger charge is -2.18. The second-order valence-electron chi connectivity index (χ2n) is 17.0. The Morgan fingerprint density at radius 1 is 0.309 bits per heavy atom. The highest BCUT2D eigenvalue weighted by atomic mass is 16.6. The molecule has 6 heteroatoms. The van der Waals surface area contributed by atoms with Gasteiger partial charge in [-0.25, -0.2) is 0 Å². The Kier molecular flexibility index (Phi) is 51.1. The molecule has 0 amide bonds. The Hall–Kier alpha value is -4.71. The first-order chi connectivity index (χ1) is 33.5. The van der Waals surface area contributed by atoms with Crippen molar-refractivity contribution in [3.63, 3.8) is 0 Å². The second kappa shape index (κ2) is 54.9. The molecule has 0 saturated carbocycles. The predicted octanol–water partition coefficient (Wildman–Crippen LogP) is 18.0. The van der Waals surface area contributed by atoms with E-state index >= 15 is 0 Å². The molecule has 0 heterocycles. The monoisotopic (exact) mass is 937 g/mol. The molecule has 68 heavy (non-hydrogen) atoms. The van der Waals surface area contributed by atoms with E-state index in [1.54, 1.807) is 0 Å². The van der Waals surface area contributed by atoms with Gasteiger partial charge in [-0.15, -0.1) is 0 Å². The summed E-state index contributed by atoms with van der Waals surface area (Å²) in [6, 6.07) is 0. The minimum atomic E-state index is -0.853. The maximum atomic E-state index is 12.8. The molecule has 0 N–H and O–H groups in total. The van der Waals surface area contributed by atoms with Crippen LogP contribution in [0.2, 0.25) is 0 Å². The van der Waals surface area contributed by atoms with Crippen molar-refractivity contribution in [2.24, 2.45) is 0 Å². The maximum absolute atomic E-state index is 12.8. The van der Waals surface area contributed by atoms with Crippen molar-refractivity contribution in [2.75, 3.05) is 13.2 Å². The van der Waals surface area contributed by atoms with Gasteiger partial charge in [0.25, 0.3) is 0 Å². The zero-order valence-electron chi connectivity index (χ0n) is 43.3. The Labute approximate surface area is 417 Å². The third-order valence-electron chi connectivity index (χ3n) is 10.6. The van der Waals surface area contributed by atoms with E-state index in [0.717, 1.165) is 96.3 Å². The highest BCUT2D eigenvalue weighted by molar-refractivity contribution is 5.71. The van der Waals surface area contributed by atoms with Crippen molar-refractivity contribution in [2.45, 2.75) is 213 Å². The number of hydrogen-bond acceptors (Lipinski definition) is 6. The van der Waals surface area contributed by atoms with Gasteiger partial charge in [0.05, 0.1) is 0 Å². The quantitative estimate of drug-likeness (QED) is 0.0262. The molecule has 0 aliphatic carbocycles. The van der Waals surface area contributed by atoms with Crippen LogP contribution in [0.4, 0.5) is 0 Å². The van der Waals surface area contributed by atoms with E-state index in [-0.39, 0.29) is 38.0 Å². The van der Waals surface area contributed by atoms with Gasteiger partial charge >= 0.3 is 17.9 Å². The Balaban J connectivity index is 4.63. The molecular weight excluding hydrogens is 841 g/mol. The van der Waals surface area contributed by atoms with Crippen molar-refractivity contribution >= 4 is 17.9 Å². The van der Waals surface area contributed by atoms with Crippen molar-refractivity contribution in [1.82, 2.24) is 0 Å². The van der Waals surface area contributed by atoms with Crippen LogP contribution in [0, 0.1) is 0 Å². The number of allylic oxidation sites excluding steroid dienone is 24. The molecule has 0 spiro atoms. The average molecular weight is 937 g/mol. The minimum absolute atomic E-state index is 0.136. The third-order valence-corrected chi connectivity index (χ3v) is 10.6. The molecule has 0 bridgehead atoms. The highest BCUT2D eigenvalue weighted by Gasteiger charge is 2.19. The van der Waals surface area contributed by atoms with E-state index < -0.39 is 12.1 Å². The van der Waals surface area contributed by atoms with Crippen LogP contribution in [-0.2, 0) is 28.6 Å². The van der Waals surface area contributed by atoms with Crippen molar-refractivity contribution < 1.29 is 28.6 Å². The van der Waals surface area contributed by atoms with Gasteiger partial charge in [-0.2, -0.15) is 0 Å². The normalized spacial score (nSPS) is 13.3. The number of carbonyl (C=O) groups is 3. The fraction of sp³-hybridized carbons (Fsp3) is 0.565. The van der Waals surface area contributed by atoms with E-state index in [1.165, 1.54) is 57.8 Å². The highest BCUT2D eigenvalue weighted by Crippen LogP contribution is 2.13. The summed E-state index contributed by atoms with van der Waals surface area (Å²) in [6.45, 7) is 6.26. The first-order valence-corrected chi connectivity index (χ1v) is 26.8. The molecule has 0 aromatic rings. The SMILES string of the molecule is CC/C=C\C/C=C\C/C=C\C/C=C\C/C=C\C/C=C\CCC(=O)OC[C@H](COC(=O)CCCCCCCCCCCCCC)OC(=O)CC/C=C\C/C=C\C/C=C\C/C=C\C/C=C\C/C=C\CC. The topological polar surface area (TPSA) is 78.9 Å². The van der Waals surface area contributed by atoms with Crippen molar-refractivity contribution in [3.8, 4) is 0 Å². The third kappa shape index (κ3) is 52.3. The Morgan fingerprint density at radius 3 is 0.897 bits per heavy atom. The maximum Gasteiger partial charge on any atom is 0.306 e. The standard InChI is InChI=1S/C62H96O6/c1-4-7-10-13-16-19-22-25-27-29-31-33-35-37-40-43-46-49-52-55-61(64)67-58-59(57-66-60(63)54-51-48-45-42-39-24-21-18-15-12-9-6-3)68-62(65)56-53-50-47-44-41-38-36-34-32-30-28-26-23-20-17-14-11-8-5-2/h7-8,10-11,16-17,19-20,25-28,31-34,37-38,40-41,46-47,49-50,59H,4-6,9,12-15,18,21-24,29-30,35-36,39,42-45,48,51-58H2,1-3H3/b10-7-,11-8-,19-16-,20-17-,27-25-,28-26-,33-31-,34-32-,40-37-,41-38-,49-46-,50-47-/t59-/m0/s1. The molecule has 0 fully saturated rings. The Morgan fingerprint density at radius 2 is 0.574 bits per heavy atom. The van der Waals surface area contributed by atoms with Crippen LogP contribution in [-0.4, -0.2) is 37.2 Å². The first kappa shape index (κ1) is 63.3. The molecule has 0 unspecified atom stereocenters. The molecular formula is C62H96O6. The fourth-order valence-electron chi connectivity index (χ4n) is 6.67. The molecule has 380 valence electrons. The van der Waals surface area contributed by atoms with E-state index in [0.29, 0.717) is 19.3 Å². The summed E-state index contributed by atoms with van der Waals surface area (Å²) in [7, 11) is 0. The number of unbranched alkanes of at least 4 members (excludes halogenated alkanes) is 11. The van der Waals surface area contributed by atoms with Crippen LogP contribution in [0.3, 0.4) is 0 Å². The molecule has 0 aliphatic rings. The zero-order valence-corrected chi connectivity index (χ0v) is 43.3. The number of rotatable bonds is 46. The summed E-state index contributed by atoms with van der Waals surface area (Å²) < 4.78 is 16.7. The van der Waals surface area contributed by atoms with Crippen LogP contribution >= 0.6 is 0 Å². The van der Waals surface area contributed by atoms with E-state index in [1.807, 2.05) is 24.3 Å². The molecule has 0 aromatic carbocycles. The number of carbonyl (C=O) groups excluding carboxylic acids is 3. The van der Waals surface area contributed by atoms with Crippen LogP contribution in [0.1, 0.15) is 207 Å². The van der Waals surface area contributed by atoms with E-state index in [9.17, 15) is 14.4 Å². The van der Waals surface area contributed by atoms with Gasteiger partial charge in [0.2, 0.25) is 0 Å². The summed E-state index contributed by atoms with van der Waals surface area (Å²) in [5.74, 6) is -1.12. The largest absolute Gasteiger partial charge is 0.462 e. The van der Waals surface area contributed by atoms with Crippen LogP contribution in [0.15, 0.2) is 146 Å². The molecule has 0 aliphatic heterocycles. The predicted molar refractivity (Wildman–Crippen MR) is 292 cm³/mol. The van der Waals surface area contributed by atoms with Gasteiger partial charge < -0.3 is 14.2 Å². The lowest BCUT2D eigenvalue weighted by molar-refractivity contribution is -0.166. The first-order valence-electron chi connectivity index (χ1n) is 26.8. The van der Waals surface area contributed by atoms with E-state index in [2.05, 4.69) is 142 Å². The summed E-state index contributed by atoms with van der Waals surface area (Å²) in [5.41, 5.74) is 0. The number of ether oxygens (including phenoxy) is 3. The van der Waals surface area contributed by atoms with Crippen molar-refractivity contribution in [3.05, 3.63) is 146 Å². The zero-order chi connectivity index (χ0) is 49.3. The van der Waals surface area contributed by atoms with Gasteiger partial charge in [-0.3, -0.25) is 14.4 Å². The number of hydrogen-bond donors (Lipinski definition) is 0. The van der Waals surface area contributed by atoms with Crippen molar-refractivity contribution in [1.29, 1.82) is 0 Å². The van der Waals surface area contributed by atoms with Gasteiger partial charge in [0, 0.05) is 19.3 Å². The van der Waals surface area contributed by atoms with Gasteiger partial charge in [-0.1, -0.05) is 237 Å². The summed E-state index contributed by atoms with van der Waals surface area (Å²) in [4.78, 5) is 38.0. The average Bonchev–Trinajstić information content (AvgIpc) is 3.34. The number of esters is 3. The molecule has 0 aromatic heterocycles. The minimum Gasteiger partial charge on any atom is -0.462 e. The molecule has 0 saturated heterocycles. The molecule has 6 nitrogen and oxygen atoms in total. The summed E-state index contributed by atoms with van der Waals surface area (Å²) in [6.07, 6.45) is 78.6. The van der Waals surface area contributed by atoms with Crippen LogP contribution in [0.5, 0.6) is 0 Å². The summed E-state index contributed by atoms with van der Waals surface area (Å²) >= 11 is 0.